The number of hydrogen-bond donors (Lipinski definition) is 0. The van der Waals surface area contributed by atoms with Crippen LogP contribution in [0.1, 0.15) is 22.3 Å². The van der Waals surface area contributed by atoms with Crippen LogP contribution in [0, 0.1) is 13.8 Å². The average Bonchev–Trinajstić information content (AvgIpc) is 3.21. The lowest BCUT2D eigenvalue weighted by molar-refractivity contribution is -0.143. The van der Waals surface area contributed by atoms with Crippen molar-refractivity contribution in [3.8, 4) is 28.1 Å². The van der Waals surface area contributed by atoms with E-state index in [0.29, 0.717) is 23.4 Å². The van der Waals surface area contributed by atoms with Crippen LogP contribution in [0.3, 0.4) is 0 Å². The number of alkyl halides is 6. The van der Waals surface area contributed by atoms with Gasteiger partial charge >= 0.3 is 12.4 Å². The molecular weight excluding hydrogens is 444 g/mol. The van der Waals surface area contributed by atoms with Crippen molar-refractivity contribution >= 4 is 0 Å². The van der Waals surface area contributed by atoms with Gasteiger partial charge in [0.15, 0.2) is 0 Å². The maximum absolute atomic E-state index is 13.4. The zero-order valence-electron chi connectivity index (χ0n) is 17.5. The van der Waals surface area contributed by atoms with Gasteiger partial charge in [-0.2, -0.15) is 26.3 Å². The largest absolute Gasteiger partial charge is 0.416 e. The number of imidazole rings is 1. The van der Waals surface area contributed by atoms with Gasteiger partial charge in [0.25, 0.3) is 0 Å². The highest BCUT2D eigenvalue weighted by atomic mass is 19.4. The minimum atomic E-state index is -4.95. The minimum Gasteiger partial charge on any atom is -0.297 e. The summed E-state index contributed by atoms with van der Waals surface area (Å²) in [6, 6.07) is 9.10. The summed E-state index contributed by atoms with van der Waals surface area (Å²) in [4.78, 5) is 8.11. The summed E-state index contributed by atoms with van der Waals surface area (Å²) in [5.74, 6) is 0. The molecular formula is C24H17F6N3. The van der Waals surface area contributed by atoms with Gasteiger partial charge in [-0.25, -0.2) is 4.98 Å². The van der Waals surface area contributed by atoms with Crippen molar-refractivity contribution in [2.45, 2.75) is 26.2 Å². The molecule has 0 fully saturated rings. The second-order valence-electron chi connectivity index (χ2n) is 7.71. The highest BCUT2D eigenvalue weighted by Crippen LogP contribution is 2.39. The maximum atomic E-state index is 13.4. The van der Waals surface area contributed by atoms with E-state index in [0.717, 1.165) is 16.7 Å². The highest BCUT2D eigenvalue weighted by Gasteiger charge is 2.37. The summed E-state index contributed by atoms with van der Waals surface area (Å²) < 4.78 is 81.6. The Morgan fingerprint density at radius 1 is 0.697 bits per heavy atom. The Balaban J connectivity index is 1.93. The average molecular weight is 461 g/mol. The molecule has 170 valence electrons. The summed E-state index contributed by atoms with van der Waals surface area (Å²) in [5.41, 5.74) is 1.07. The fourth-order valence-corrected chi connectivity index (χ4v) is 3.76. The number of pyridine rings is 1. The molecule has 33 heavy (non-hydrogen) atoms. The third-order valence-corrected chi connectivity index (χ3v) is 5.11. The van der Waals surface area contributed by atoms with Crippen molar-refractivity contribution in [2.75, 3.05) is 0 Å². The molecule has 0 spiro atoms. The molecule has 2 heterocycles. The normalized spacial score (nSPS) is 12.2. The molecule has 2 aromatic heterocycles. The fourth-order valence-electron chi connectivity index (χ4n) is 3.76. The van der Waals surface area contributed by atoms with Gasteiger partial charge in [-0.15, -0.1) is 0 Å². The number of benzene rings is 2. The number of hydrogen-bond acceptors (Lipinski definition) is 2. The van der Waals surface area contributed by atoms with Crippen molar-refractivity contribution < 1.29 is 26.3 Å². The van der Waals surface area contributed by atoms with Gasteiger partial charge in [0.2, 0.25) is 0 Å². The van der Waals surface area contributed by atoms with Crippen molar-refractivity contribution in [2.24, 2.45) is 0 Å². The first-order chi connectivity index (χ1) is 15.4. The molecule has 0 N–H and O–H groups in total. The summed E-state index contributed by atoms with van der Waals surface area (Å²) in [7, 11) is 0. The molecule has 0 aliphatic rings. The molecule has 0 bridgehead atoms. The van der Waals surface area contributed by atoms with Gasteiger partial charge in [0.05, 0.1) is 41.2 Å². The second-order valence-corrected chi connectivity index (χ2v) is 7.71. The highest BCUT2D eigenvalue weighted by molar-refractivity contribution is 5.76. The SMILES string of the molecule is Cc1cc(C)cc(-c2ccncc2-n2cncc2-c2cc(C(F)(F)F)cc(C(F)(F)F)c2)c1. The lowest BCUT2D eigenvalue weighted by Gasteiger charge is -2.17. The van der Waals surface area contributed by atoms with Gasteiger partial charge in [-0.1, -0.05) is 29.3 Å². The number of nitrogens with zero attached hydrogens (tertiary/aromatic N) is 3. The van der Waals surface area contributed by atoms with E-state index >= 15 is 0 Å². The Hall–Kier alpha value is -3.62. The first-order valence-electron chi connectivity index (χ1n) is 9.79. The fraction of sp³-hybridized carbons (Fsp3) is 0.167. The van der Waals surface area contributed by atoms with Crippen LogP contribution in [0.5, 0.6) is 0 Å². The van der Waals surface area contributed by atoms with E-state index in [1.54, 1.807) is 12.3 Å². The Bertz CT molecular complexity index is 1270. The van der Waals surface area contributed by atoms with Gasteiger partial charge in [0.1, 0.15) is 0 Å². The van der Waals surface area contributed by atoms with E-state index in [1.807, 2.05) is 32.0 Å². The molecule has 3 nitrogen and oxygen atoms in total. The van der Waals surface area contributed by atoms with Crippen LogP contribution in [0.2, 0.25) is 0 Å². The summed E-state index contributed by atoms with van der Waals surface area (Å²) in [6.07, 6.45) is -4.26. The zero-order valence-corrected chi connectivity index (χ0v) is 17.5. The molecule has 0 aliphatic carbocycles. The molecule has 0 saturated carbocycles. The van der Waals surface area contributed by atoms with Crippen molar-refractivity contribution in [1.29, 1.82) is 0 Å². The summed E-state index contributed by atoms with van der Waals surface area (Å²) >= 11 is 0. The summed E-state index contributed by atoms with van der Waals surface area (Å²) in [5, 5.41) is 0. The summed E-state index contributed by atoms with van der Waals surface area (Å²) in [6.45, 7) is 3.86. The van der Waals surface area contributed by atoms with Crippen LogP contribution in [0.15, 0.2) is 67.4 Å². The lowest BCUT2D eigenvalue weighted by atomic mass is 9.99. The van der Waals surface area contributed by atoms with E-state index in [4.69, 9.17) is 0 Å². The quantitative estimate of drug-likeness (QED) is 0.301. The predicted octanol–water partition coefficient (Wildman–Crippen LogP) is 7.26. The van der Waals surface area contributed by atoms with E-state index in [-0.39, 0.29) is 17.3 Å². The first kappa shape index (κ1) is 22.6. The van der Waals surface area contributed by atoms with Crippen LogP contribution in [-0.4, -0.2) is 14.5 Å². The number of aromatic nitrogens is 3. The van der Waals surface area contributed by atoms with E-state index in [9.17, 15) is 26.3 Å². The molecule has 4 aromatic rings. The number of rotatable bonds is 3. The van der Waals surface area contributed by atoms with Gasteiger partial charge < -0.3 is 0 Å². The van der Waals surface area contributed by atoms with Crippen LogP contribution in [0.4, 0.5) is 26.3 Å². The molecule has 4 rings (SSSR count). The molecule has 0 atom stereocenters. The van der Waals surface area contributed by atoms with Crippen LogP contribution >= 0.6 is 0 Å². The second kappa shape index (κ2) is 8.06. The minimum absolute atomic E-state index is 0.0743. The van der Waals surface area contributed by atoms with Gasteiger partial charge in [-0.3, -0.25) is 9.55 Å². The predicted molar refractivity (Wildman–Crippen MR) is 112 cm³/mol. The van der Waals surface area contributed by atoms with E-state index in [1.165, 1.54) is 23.3 Å². The molecule has 9 heteroatoms. The Morgan fingerprint density at radius 3 is 1.88 bits per heavy atom. The van der Waals surface area contributed by atoms with Crippen molar-refractivity contribution in [3.63, 3.8) is 0 Å². The molecule has 0 aliphatic heterocycles. The van der Waals surface area contributed by atoms with E-state index < -0.39 is 23.5 Å². The Morgan fingerprint density at radius 2 is 1.30 bits per heavy atom. The third kappa shape index (κ3) is 4.62. The van der Waals surface area contributed by atoms with Crippen LogP contribution in [-0.2, 0) is 12.4 Å². The topological polar surface area (TPSA) is 30.7 Å². The Labute approximate surface area is 185 Å². The zero-order chi connectivity index (χ0) is 24.0. The number of halogens is 6. The maximum Gasteiger partial charge on any atom is 0.416 e. The third-order valence-electron chi connectivity index (χ3n) is 5.11. The van der Waals surface area contributed by atoms with Crippen molar-refractivity contribution in [1.82, 2.24) is 14.5 Å². The Kier molecular flexibility index (Phi) is 5.51. The molecule has 0 radical (unpaired) electrons. The number of aryl methyl sites for hydroxylation is 2. The molecule has 0 saturated heterocycles. The van der Waals surface area contributed by atoms with Gasteiger partial charge in [0, 0.05) is 17.3 Å². The van der Waals surface area contributed by atoms with Crippen LogP contribution < -0.4 is 0 Å². The smallest absolute Gasteiger partial charge is 0.297 e. The first-order valence-corrected chi connectivity index (χ1v) is 9.79. The van der Waals surface area contributed by atoms with E-state index in [2.05, 4.69) is 9.97 Å². The van der Waals surface area contributed by atoms with Gasteiger partial charge in [-0.05, 0) is 43.7 Å². The molecule has 0 unspecified atom stereocenters. The van der Waals surface area contributed by atoms with Crippen LogP contribution in [0.25, 0.3) is 28.1 Å². The molecule has 2 aromatic carbocycles. The van der Waals surface area contributed by atoms with Crippen molar-refractivity contribution in [3.05, 3.63) is 89.6 Å². The molecule has 0 amide bonds. The monoisotopic (exact) mass is 461 g/mol. The lowest BCUT2D eigenvalue weighted by Crippen LogP contribution is -2.11. The standard InChI is InChI=1S/C24H17F6N3/c1-14-5-15(2)7-16(6-14)20-3-4-31-12-22(20)33-13-32-11-21(33)17-8-18(23(25,26)27)10-19(9-17)24(28,29)30/h3-13H,1-2H3.